The quantitative estimate of drug-likeness (QED) is 0.751. The molecule has 134 valence electrons. The Bertz CT molecular complexity index is 535. The van der Waals surface area contributed by atoms with Gasteiger partial charge in [0.15, 0.2) is 0 Å². The van der Waals surface area contributed by atoms with Gasteiger partial charge in [-0.25, -0.2) is 0 Å². The maximum absolute atomic E-state index is 12.6. The Hall–Kier alpha value is -1.88. The summed E-state index contributed by atoms with van der Waals surface area (Å²) in [5.41, 5.74) is 0.686. The molecule has 5 nitrogen and oxygen atoms in total. The second-order valence-electron chi connectivity index (χ2n) is 7.39. The molecule has 0 bridgehead atoms. The zero-order valence-electron chi connectivity index (χ0n) is 15.6. The standard InChI is InChI=1S/C19H30N2O3/c1-13(2)16(17(22)21-19(3,4)5)20-15(18(23)24-6)12-14-10-8-7-9-11-14/h7-11,13,15-16,20H,12H2,1-6H3,(H,21,22)/t15-,16+/m0/s1. The Balaban J connectivity index is 2.92. The van der Waals surface area contributed by atoms with E-state index in [-0.39, 0.29) is 23.3 Å². The van der Waals surface area contributed by atoms with Crippen molar-refractivity contribution in [3.8, 4) is 0 Å². The molecule has 2 atom stereocenters. The number of hydrogen-bond donors (Lipinski definition) is 2. The molecule has 0 aliphatic carbocycles. The summed E-state index contributed by atoms with van der Waals surface area (Å²) in [6, 6.07) is 8.64. The number of hydrogen-bond acceptors (Lipinski definition) is 4. The summed E-state index contributed by atoms with van der Waals surface area (Å²) in [5, 5.41) is 6.16. The first-order valence-corrected chi connectivity index (χ1v) is 8.34. The monoisotopic (exact) mass is 334 g/mol. The van der Waals surface area contributed by atoms with Crippen molar-refractivity contribution in [2.24, 2.45) is 5.92 Å². The van der Waals surface area contributed by atoms with E-state index in [9.17, 15) is 9.59 Å². The van der Waals surface area contributed by atoms with Gasteiger partial charge in [-0.1, -0.05) is 44.2 Å². The Morgan fingerprint density at radius 2 is 1.71 bits per heavy atom. The maximum Gasteiger partial charge on any atom is 0.323 e. The highest BCUT2D eigenvalue weighted by molar-refractivity contribution is 5.84. The van der Waals surface area contributed by atoms with Crippen LogP contribution in [0.5, 0.6) is 0 Å². The third-order valence-electron chi connectivity index (χ3n) is 3.60. The molecule has 1 aromatic carbocycles. The van der Waals surface area contributed by atoms with Crippen LogP contribution in [0.25, 0.3) is 0 Å². The third kappa shape index (κ3) is 6.71. The van der Waals surface area contributed by atoms with Crippen molar-refractivity contribution < 1.29 is 14.3 Å². The van der Waals surface area contributed by atoms with E-state index < -0.39 is 12.1 Å². The first-order valence-electron chi connectivity index (χ1n) is 8.34. The van der Waals surface area contributed by atoms with E-state index in [4.69, 9.17) is 4.74 Å². The summed E-state index contributed by atoms with van der Waals surface area (Å²) >= 11 is 0. The molecule has 0 spiro atoms. The topological polar surface area (TPSA) is 67.4 Å². The lowest BCUT2D eigenvalue weighted by Gasteiger charge is -2.30. The van der Waals surface area contributed by atoms with E-state index in [1.165, 1.54) is 7.11 Å². The number of esters is 1. The lowest BCUT2D eigenvalue weighted by molar-refractivity contribution is -0.143. The van der Waals surface area contributed by atoms with Gasteiger partial charge in [-0.2, -0.15) is 0 Å². The number of amides is 1. The van der Waals surface area contributed by atoms with Crippen molar-refractivity contribution >= 4 is 11.9 Å². The minimum Gasteiger partial charge on any atom is -0.468 e. The highest BCUT2D eigenvalue weighted by Crippen LogP contribution is 2.10. The SMILES string of the molecule is COC(=O)[C@H](Cc1ccccc1)N[C@@H](C(=O)NC(C)(C)C)C(C)C. The molecular formula is C19H30N2O3. The van der Waals surface area contributed by atoms with E-state index in [1.807, 2.05) is 65.0 Å². The maximum atomic E-state index is 12.6. The van der Waals surface area contributed by atoms with Gasteiger partial charge >= 0.3 is 5.97 Å². The van der Waals surface area contributed by atoms with Crippen molar-refractivity contribution in [3.63, 3.8) is 0 Å². The predicted octanol–water partition coefficient (Wildman–Crippen LogP) is 2.30. The van der Waals surface area contributed by atoms with Crippen LogP contribution in [-0.4, -0.2) is 36.6 Å². The second-order valence-corrected chi connectivity index (χ2v) is 7.39. The largest absolute Gasteiger partial charge is 0.468 e. The van der Waals surface area contributed by atoms with Crippen LogP contribution in [-0.2, 0) is 20.7 Å². The van der Waals surface area contributed by atoms with Gasteiger partial charge in [0.25, 0.3) is 0 Å². The zero-order valence-corrected chi connectivity index (χ0v) is 15.6. The summed E-state index contributed by atoms with van der Waals surface area (Å²) < 4.78 is 4.91. The summed E-state index contributed by atoms with van der Waals surface area (Å²) in [4.78, 5) is 24.7. The van der Waals surface area contributed by atoms with Gasteiger partial charge in [0.05, 0.1) is 13.2 Å². The first kappa shape index (κ1) is 20.2. The summed E-state index contributed by atoms with van der Waals surface area (Å²) in [6.45, 7) is 9.71. The molecule has 0 aliphatic rings. The van der Waals surface area contributed by atoms with Gasteiger partial charge in [0.1, 0.15) is 6.04 Å². The number of carbonyl (C=O) groups is 2. The van der Waals surface area contributed by atoms with Gasteiger partial charge < -0.3 is 10.1 Å². The predicted molar refractivity (Wildman–Crippen MR) is 95.6 cm³/mol. The number of rotatable bonds is 7. The second kappa shape index (κ2) is 8.83. The van der Waals surface area contributed by atoms with Crippen LogP contribution in [0.15, 0.2) is 30.3 Å². The highest BCUT2D eigenvalue weighted by atomic mass is 16.5. The Morgan fingerprint density at radius 3 is 2.17 bits per heavy atom. The minimum absolute atomic E-state index is 0.0373. The molecule has 1 amide bonds. The lowest BCUT2D eigenvalue weighted by Crippen LogP contribution is -2.57. The highest BCUT2D eigenvalue weighted by Gasteiger charge is 2.30. The van der Waals surface area contributed by atoms with Crippen LogP contribution in [0, 0.1) is 5.92 Å². The van der Waals surface area contributed by atoms with Crippen LogP contribution in [0.2, 0.25) is 0 Å². The Labute approximate surface area is 145 Å². The van der Waals surface area contributed by atoms with E-state index in [0.717, 1.165) is 5.56 Å². The van der Waals surface area contributed by atoms with Gasteiger partial charge in [-0.05, 0) is 38.7 Å². The fourth-order valence-electron chi connectivity index (χ4n) is 2.44. The summed E-state index contributed by atoms with van der Waals surface area (Å²) in [7, 11) is 1.36. The van der Waals surface area contributed by atoms with Crippen LogP contribution >= 0.6 is 0 Å². The number of ether oxygens (including phenoxy) is 1. The van der Waals surface area contributed by atoms with E-state index in [1.54, 1.807) is 0 Å². The summed E-state index contributed by atoms with van der Waals surface area (Å²) in [5.74, 6) is -0.442. The van der Waals surface area contributed by atoms with Gasteiger partial charge in [0.2, 0.25) is 5.91 Å². The van der Waals surface area contributed by atoms with Crippen molar-refractivity contribution in [2.75, 3.05) is 7.11 Å². The minimum atomic E-state index is -0.574. The molecular weight excluding hydrogens is 304 g/mol. The fraction of sp³-hybridized carbons (Fsp3) is 0.579. The molecule has 0 heterocycles. The number of nitrogens with one attached hydrogen (secondary N) is 2. The molecule has 0 saturated carbocycles. The van der Waals surface area contributed by atoms with Crippen LogP contribution in [0.1, 0.15) is 40.2 Å². The first-order chi connectivity index (χ1) is 11.1. The normalized spacial score (nSPS) is 14.1. The lowest BCUT2D eigenvalue weighted by atomic mass is 9.98. The van der Waals surface area contributed by atoms with Crippen molar-refractivity contribution in [2.45, 2.75) is 58.7 Å². The van der Waals surface area contributed by atoms with Gasteiger partial charge in [-0.15, -0.1) is 0 Å². The molecule has 5 heteroatoms. The average molecular weight is 334 g/mol. The molecule has 2 N–H and O–H groups in total. The number of benzene rings is 1. The smallest absolute Gasteiger partial charge is 0.323 e. The van der Waals surface area contributed by atoms with Crippen molar-refractivity contribution in [1.82, 2.24) is 10.6 Å². The zero-order chi connectivity index (χ0) is 18.3. The molecule has 1 rings (SSSR count). The molecule has 0 saturated heterocycles. The van der Waals surface area contributed by atoms with Crippen LogP contribution in [0.3, 0.4) is 0 Å². The molecule has 0 radical (unpaired) electrons. The molecule has 0 aromatic heterocycles. The van der Waals surface area contributed by atoms with Gasteiger partial charge in [0, 0.05) is 5.54 Å². The third-order valence-corrected chi connectivity index (χ3v) is 3.60. The average Bonchev–Trinajstić information content (AvgIpc) is 2.49. The molecule has 0 aliphatic heterocycles. The number of carbonyl (C=O) groups excluding carboxylic acids is 2. The van der Waals surface area contributed by atoms with Crippen molar-refractivity contribution in [3.05, 3.63) is 35.9 Å². The Morgan fingerprint density at radius 1 is 1.12 bits per heavy atom. The Kier molecular flexibility index (Phi) is 7.42. The number of methoxy groups -OCH3 is 1. The van der Waals surface area contributed by atoms with Crippen LogP contribution < -0.4 is 10.6 Å². The molecule has 0 unspecified atom stereocenters. The van der Waals surface area contributed by atoms with Crippen LogP contribution in [0.4, 0.5) is 0 Å². The van der Waals surface area contributed by atoms with E-state index >= 15 is 0 Å². The molecule has 0 fully saturated rings. The molecule has 1 aromatic rings. The molecule has 24 heavy (non-hydrogen) atoms. The van der Waals surface area contributed by atoms with E-state index in [0.29, 0.717) is 6.42 Å². The van der Waals surface area contributed by atoms with Crippen molar-refractivity contribution in [1.29, 1.82) is 0 Å². The van der Waals surface area contributed by atoms with E-state index in [2.05, 4.69) is 10.6 Å². The fourth-order valence-corrected chi connectivity index (χ4v) is 2.44. The van der Waals surface area contributed by atoms with Gasteiger partial charge in [-0.3, -0.25) is 14.9 Å². The summed E-state index contributed by atoms with van der Waals surface area (Å²) in [6.07, 6.45) is 0.472.